The molecule has 1 aromatic rings. The van der Waals surface area contributed by atoms with Crippen LogP contribution in [0.2, 0.25) is 0 Å². The van der Waals surface area contributed by atoms with E-state index < -0.39 is 0 Å². The van der Waals surface area contributed by atoms with E-state index >= 15 is 0 Å². The first kappa shape index (κ1) is 14.8. The fraction of sp³-hybridized carbons (Fsp3) is 0.533. The number of hydrogen-bond acceptors (Lipinski definition) is 3. The topological polar surface area (TPSA) is 6.48 Å². The predicted octanol–water partition coefficient (Wildman–Crippen LogP) is 3.58. The lowest BCUT2D eigenvalue weighted by molar-refractivity contribution is 0.109. The van der Waals surface area contributed by atoms with E-state index in [1.54, 1.807) is 11.8 Å². The number of thiocarbonyl (C=S) groups is 1. The molecular formula is C15H22N2S2. The monoisotopic (exact) mass is 294 g/mol. The molecule has 0 aliphatic carbocycles. The molecule has 2 rings (SSSR count). The average molecular weight is 294 g/mol. The van der Waals surface area contributed by atoms with E-state index in [0.29, 0.717) is 0 Å². The zero-order valence-electron chi connectivity index (χ0n) is 11.9. The molecule has 1 aliphatic rings. The second kappa shape index (κ2) is 6.25. The second-order valence-corrected chi connectivity index (χ2v) is 7.47. The van der Waals surface area contributed by atoms with Gasteiger partial charge in [0.05, 0.1) is 12.5 Å². The normalized spacial score (nSPS) is 17.8. The Morgan fingerprint density at radius 3 is 2.53 bits per heavy atom. The highest BCUT2D eigenvalue weighted by molar-refractivity contribution is 8.22. The fourth-order valence-corrected chi connectivity index (χ4v) is 3.38. The standard InChI is InChI=1S/C15H22N2S2/c1-15(2,3)17-11-16(14(18)19-12-17)10-9-13-7-5-4-6-8-13/h4-8H,9-12H2,1-3H3. The molecule has 0 aromatic heterocycles. The van der Waals surface area contributed by atoms with E-state index in [1.807, 2.05) is 0 Å². The van der Waals surface area contributed by atoms with Crippen LogP contribution in [-0.4, -0.2) is 38.7 Å². The molecule has 1 aliphatic heterocycles. The first-order valence-corrected chi connectivity index (χ1v) is 8.07. The third kappa shape index (κ3) is 4.20. The maximum Gasteiger partial charge on any atom is 0.138 e. The molecule has 1 fully saturated rings. The maximum absolute atomic E-state index is 5.48. The SMILES string of the molecule is CC(C)(C)N1CSC(=S)N(CCc2ccccc2)C1. The lowest BCUT2D eigenvalue weighted by Crippen LogP contribution is -2.52. The van der Waals surface area contributed by atoms with Crippen LogP contribution in [0.25, 0.3) is 0 Å². The molecule has 0 atom stereocenters. The summed E-state index contributed by atoms with van der Waals surface area (Å²) in [5.74, 6) is 1.00. The van der Waals surface area contributed by atoms with Gasteiger partial charge in [-0.25, -0.2) is 0 Å². The minimum Gasteiger partial charge on any atom is -0.344 e. The molecule has 2 nitrogen and oxygen atoms in total. The van der Waals surface area contributed by atoms with E-state index in [1.165, 1.54) is 5.56 Å². The van der Waals surface area contributed by atoms with E-state index in [4.69, 9.17) is 12.2 Å². The van der Waals surface area contributed by atoms with Gasteiger partial charge < -0.3 is 4.90 Å². The summed E-state index contributed by atoms with van der Waals surface area (Å²) in [5, 5.41) is 0. The molecule has 0 bridgehead atoms. The van der Waals surface area contributed by atoms with Gasteiger partial charge >= 0.3 is 0 Å². The largest absolute Gasteiger partial charge is 0.344 e. The summed E-state index contributed by atoms with van der Waals surface area (Å²) in [4.78, 5) is 4.79. The lowest BCUT2D eigenvalue weighted by Gasteiger charge is -2.43. The van der Waals surface area contributed by atoms with Crippen molar-refractivity contribution in [2.24, 2.45) is 0 Å². The second-order valence-electron chi connectivity index (χ2n) is 5.89. The molecule has 104 valence electrons. The molecule has 1 aromatic carbocycles. The molecule has 0 amide bonds. The van der Waals surface area contributed by atoms with Crippen molar-refractivity contribution < 1.29 is 0 Å². The summed E-state index contributed by atoms with van der Waals surface area (Å²) in [6.07, 6.45) is 1.06. The first-order chi connectivity index (χ1) is 8.97. The van der Waals surface area contributed by atoms with E-state index in [-0.39, 0.29) is 5.54 Å². The molecule has 0 unspecified atom stereocenters. The molecule has 0 spiro atoms. The Hall–Kier alpha value is -0.580. The van der Waals surface area contributed by atoms with Crippen molar-refractivity contribution in [3.05, 3.63) is 35.9 Å². The Balaban J connectivity index is 1.93. The van der Waals surface area contributed by atoms with Crippen LogP contribution < -0.4 is 0 Å². The van der Waals surface area contributed by atoms with Crippen molar-refractivity contribution in [1.82, 2.24) is 9.80 Å². The first-order valence-electron chi connectivity index (χ1n) is 6.67. The van der Waals surface area contributed by atoms with Gasteiger partial charge in [-0.05, 0) is 32.8 Å². The average Bonchev–Trinajstić information content (AvgIpc) is 2.37. The van der Waals surface area contributed by atoms with Gasteiger partial charge in [-0.1, -0.05) is 54.3 Å². The number of rotatable bonds is 3. The number of hydrogen-bond donors (Lipinski definition) is 0. The lowest BCUT2D eigenvalue weighted by atomic mass is 10.1. The summed E-state index contributed by atoms with van der Waals surface area (Å²) >= 11 is 7.26. The molecule has 4 heteroatoms. The smallest absolute Gasteiger partial charge is 0.138 e. The van der Waals surface area contributed by atoms with Crippen LogP contribution in [-0.2, 0) is 6.42 Å². The van der Waals surface area contributed by atoms with Gasteiger partial charge in [0.1, 0.15) is 4.32 Å². The molecule has 1 heterocycles. The van der Waals surface area contributed by atoms with E-state index in [0.717, 1.165) is 29.8 Å². The van der Waals surface area contributed by atoms with Gasteiger partial charge in [0, 0.05) is 12.1 Å². The Morgan fingerprint density at radius 1 is 1.21 bits per heavy atom. The fourth-order valence-electron chi connectivity index (χ4n) is 2.01. The minimum atomic E-state index is 0.202. The summed E-state index contributed by atoms with van der Waals surface area (Å²) in [6, 6.07) is 10.6. The zero-order valence-corrected chi connectivity index (χ0v) is 13.6. The highest BCUT2D eigenvalue weighted by Gasteiger charge is 2.28. The van der Waals surface area contributed by atoms with Crippen molar-refractivity contribution in [2.75, 3.05) is 19.1 Å². The Labute approximate surface area is 126 Å². The van der Waals surface area contributed by atoms with Crippen LogP contribution in [0.3, 0.4) is 0 Å². The van der Waals surface area contributed by atoms with E-state index in [2.05, 4.69) is 60.9 Å². The summed E-state index contributed by atoms with van der Waals surface area (Å²) in [7, 11) is 0. The Kier molecular flexibility index (Phi) is 4.87. The van der Waals surface area contributed by atoms with Crippen molar-refractivity contribution in [1.29, 1.82) is 0 Å². The van der Waals surface area contributed by atoms with Crippen LogP contribution in [0.4, 0.5) is 0 Å². The number of thioether (sulfide) groups is 1. The third-order valence-electron chi connectivity index (χ3n) is 3.41. The molecular weight excluding hydrogens is 272 g/mol. The highest BCUT2D eigenvalue weighted by atomic mass is 32.2. The minimum absolute atomic E-state index is 0.202. The van der Waals surface area contributed by atoms with Crippen molar-refractivity contribution in [3.63, 3.8) is 0 Å². The van der Waals surface area contributed by atoms with Crippen molar-refractivity contribution in [3.8, 4) is 0 Å². The number of benzene rings is 1. The summed E-state index contributed by atoms with van der Waals surface area (Å²) in [5.41, 5.74) is 1.58. The van der Waals surface area contributed by atoms with Gasteiger partial charge in [-0.15, -0.1) is 0 Å². The van der Waals surface area contributed by atoms with Gasteiger partial charge in [0.25, 0.3) is 0 Å². The maximum atomic E-state index is 5.48. The number of nitrogens with zero attached hydrogens (tertiary/aromatic N) is 2. The molecule has 0 radical (unpaired) electrons. The highest BCUT2D eigenvalue weighted by Crippen LogP contribution is 2.25. The molecule has 0 N–H and O–H groups in total. The Bertz CT molecular complexity index is 426. The van der Waals surface area contributed by atoms with Crippen molar-refractivity contribution >= 4 is 28.3 Å². The van der Waals surface area contributed by atoms with Crippen molar-refractivity contribution in [2.45, 2.75) is 32.7 Å². The van der Waals surface area contributed by atoms with Crippen LogP contribution in [0.1, 0.15) is 26.3 Å². The predicted molar refractivity (Wildman–Crippen MR) is 88.4 cm³/mol. The Morgan fingerprint density at radius 2 is 1.89 bits per heavy atom. The van der Waals surface area contributed by atoms with Gasteiger partial charge in [0.15, 0.2) is 0 Å². The van der Waals surface area contributed by atoms with Crippen LogP contribution in [0.15, 0.2) is 30.3 Å². The van der Waals surface area contributed by atoms with Crippen LogP contribution >= 0.6 is 24.0 Å². The third-order valence-corrected chi connectivity index (χ3v) is 4.96. The quantitative estimate of drug-likeness (QED) is 0.786. The van der Waals surface area contributed by atoms with Gasteiger partial charge in [-0.3, -0.25) is 4.90 Å². The molecule has 19 heavy (non-hydrogen) atoms. The van der Waals surface area contributed by atoms with Crippen LogP contribution in [0.5, 0.6) is 0 Å². The van der Waals surface area contributed by atoms with E-state index in [9.17, 15) is 0 Å². The molecule has 1 saturated heterocycles. The zero-order chi connectivity index (χ0) is 13.9. The van der Waals surface area contributed by atoms with Gasteiger partial charge in [0.2, 0.25) is 0 Å². The van der Waals surface area contributed by atoms with Gasteiger partial charge in [-0.2, -0.15) is 0 Å². The summed E-state index contributed by atoms with van der Waals surface area (Å²) < 4.78 is 1.04. The summed E-state index contributed by atoms with van der Waals surface area (Å²) in [6.45, 7) is 8.73. The molecule has 0 saturated carbocycles. The van der Waals surface area contributed by atoms with Crippen LogP contribution in [0, 0.1) is 0 Å².